The molecule has 0 heterocycles. The summed E-state index contributed by atoms with van der Waals surface area (Å²) in [6.45, 7) is 9.63. The second-order valence-corrected chi connectivity index (χ2v) is 6.85. The van der Waals surface area contributed by atoms with Gasteiger partial charge in [0, 0.05) is 12.6 Å². The highest BCUT2D eigenvalue weighted by Gasteiger charge is 2.38. The minimum Gasteiger partial charge on any atom is -0.392 e. The standard InChI is InChI=1S/C18H29NO/c1-5-13(6-2)16(20)12-19-17-15-10-8-7-9-14(15)11-18(17,3)4/h7-10,13,16-17,19-20H,5-6,11-12H2,1-4H3. The molecular weight excluding hydrogens is 246 g/mol. The van der Waals surface area contributed by atoms with Crippen molar-refractivity contribution in [2.75, 3.05) is 6.54 Å². The summed E-state index contributed by atoms with van der Waals surface area (Å²) in [6, 6.07) is 9.05. The van der Waals surface area contributed by atoms with E-state index in [4.69, 9.17) is 0 Å². The Morgan fingerprint density at radius 2 is 1.90 bits per heavy atom. The summed E-state index contributed by atoms with van der Waals surface area (Å²) in [6.07, 6.45) is 2.96. The highest BCUT2D eigenvalue weighted by Crippen LogP contribution is 2.44. The topological polar surface area (TPSA) is 32.3 Å². The molecule has 2 N–H and O–H groups in total. The van der Waals surface area contributed by atoms with Gasteiger partial charge in [0.05, 0.1) is 6.10 Å². The van der Waals surface area contributed by atoms with Crippen LogP contribution >= 0.6 is 0 Å². The van der Waals surface area contributed by atoms with Crippen molar-refractivity contribution in [3.05, 3.63) is 35.4 Å². The number of hydrogen-bond acceptors (Lipinski definition) is 2. The first kappa shape index (κ1) is 15.5. The molecular formula is C18H29NO. The maximum atomic E-state index is 10.3. The number of nitrogens with one attached hydrogen (secondary N) is 1. The molecule has 2 heteroatoms. The molecule has 1 aliphatic carbocycles. The maximum Gasteiger partial charge on any atom is 0.0692 e. The van der Waals surface area contributed by atoms with Crippen LogP contribution in [0, 0.1) is 11.3 Å². The van der Waals surface area contributed by atoms with Gasteiger partial charge in [-0.15, -0.1) is 0 Å². The van der Waals surface area contributed by atoms with Crippen molar-refractivity contribution in [1.29, 1.82) is 0 Å². The van der Waals surface area contributed by atoms with Crippen molar-refractivity contribution < 1.29 is 5.11 Å². The SMILES string of the molecule is CCC(CC)C(O)CNC1c2ccccc2CC1(C)C. The Morgan fingerprint density at radius 3 is 2.55 bits per heavy atom. The summed E-state index contributed by atoms with van der Waals surface area (Å²) in [5, 5.41) is 14.0. The summed E-state index contributed by atoms with van der Waals surface area (Å²) in [5.41, 5.74) is 3.08. The van der Waals surface area contributed by atoms with E-state index in [0.717, 1.165) is 19.3 Å². The van der Waals surface area contributed by atoms with Crippen LogP contribution in [0.4, 0.5) is 0 Å². The third-order valence-electron chi connectivity index (χ3n) is 4.92. The van der Waals surface area contributed by atoms with Gasteiger partial charge in [0.25, 0.3) is 0 Å². The van der Waals surface area contributed by atoms with E-state index in [1.54, 1.807) is 0 Å². The lowest BCUT2D eigenvalue weighted by Gasteiger charge is -2.31. The van der Waals surface area contributed by atoms with Gasteiger partial charge in [-0.1, -0.05) is 64.8 Å². The first-order valence-corrected chi connectivity index (χ1v) is 7.98. The Balaban J connectivity index is 2.05. The molecule has 2 unspecified atom stereocenters. The van der Waals surface area contributed by atoms with E-state index >= 15 is 0 Å². The number of fused-ring (bicyclic) bond motifs is 1. The zero-order chi connectivity index (χ0) is 14.8. The van der Waals surface area contributed by atoms with E-state index in [1.807, 2.05) is 0 Å². The lowest BCUT2D eigenvalue weighted by Crippen LogP contribution is -2.38. The van der Waals surface area contributed by atoms with Gasteiger partial charge in [0.15, 0.2) is 0 Å². The van der Waals surface area contributed by atoms with Gasteiger partial charge in [0.1, 0.15) is 0 Å². The van der Waals surface area contributed by atoms with Gasteiger partial charge < -0.3 is 10.4 Å². The average Bonchev–Trinajstić information content (AvgIpc) is 2.67. The zero-order valence-electron chi connectivity index (χ0n) is 13.3. The third-order valence-corrected chi connectivity index (χ3v) is 4.92. The fourth-order valence-corrected chi connectivity index (χ4v) is 3.62. The lowest BCUT2D eigenvalue weighted by atomic mass is 9.85. The Labute approximate surface area is 123 Å². The van der Waals surface area contributed by atoms with Crippen molar-refractivity contribution in [2.24, 2.45) is 11.3 Å². The summed E-state index contributed by atoms with van der Waals surface area (Å²) >= 11 is 0. The van der Waals surface area contributed by atoms with Crippen molar-refractivity contribution in [1.82, 2.24) is 5.32 Å². The van der Waals surface area contributed by atoms with Gasteiger partial charge in [-0.25, -0.2) is 0 Å². The average molecular weight is 275 g/mol. The van der Waals surface area contributed by atoms with Crippen molar-refractivity contribution >= 4 is 0 Å². The molecule has 112 valence electrons. The number of aliphatic hydroxyl groups is 1. The fraction of sp³-hybridized carbons (Fsp3) is 0.667. The second-order valence-electron chi connectivity index (χ2n) is 6.85. The maximum absolute atomic E-state index is 10.3. The molecule has 2 nitrogen and oxygen atoms in total. The van der Waals surface area contributed by atoms with E-state index in [-0.39, 0.29) is 11.5 Å². The van der Waals surface area contributed by atoms with E-state index in [2.05, 4.69) is 57.3 Å². The highest BCUT2D eigenvalue weighted by atomic mass is 16.3. The number of benzene rings is 1. The first-order valence-electron chi connectivity index (χ1n) is 7.98. The quantitative estimate of drug-likeness (QED) is 0.830. The smallest absolute Gasteiger partial charge is 0.0692 e. The monoisotopic (exact) mass is 275 g/mol. The Bertz CT molecular complexity index is 437. The minimum atomic E-state index is -0.242. The normalized spacial score (nSPS) is 22.0. The van der Waals surface area contributed by atoms with Crippen molar-refractivity contribution in [3.8, 4) is 0 Å². The molecule has 2 rings (SSSR count). The molecule has 0 saturated heterocycles. The molecule has 0 radical (unpaired) electrons. The molecule has 0 amide bonds. The number of aliphatic hydroxyl groups excluding tert-OH is 1. The molecule has 0 aromatic heterocycles. The van der Waals surface area contributed by atoms with E-state index in [1.165, 1.54) is 11.1 Å². The summed E-state index contributed by atoms with van der Waals surface area (Å²) < 4.78 is 0. The zero-order valence-corrected chi connectivity index (χ0v) is 13.3. The van der Waals surface area contributed by atoms with Crippen LogP contribution in [0.15, 0.2) is 24.3 Å². The van der Waals surface area contributed by atoms with Crippen molar-refractivity contribution in [2.45, 2.75) is 59.1 Å². The Kier molecular flexibility index (Phi) is 4.87. The van der Waals surface area contributed by atoms with Gasteiger partial charge in [-0.3, -0.25) is 0 Å². The van der Waals surface area contributed by atoms with E-state index in [9.17, 15) is 5.11 Å². The molecule has 0 fully saturated rings. The fourth-order valence-electron chi connectivity index (χ4n) is 3.62. The molecule has 0 spiro atoms. The third kappa shape index (κ3) is 3.07. The molecule has 2 atom stereocenters. The van der Waals surface area contributed by atoms with Gasteiger partial charge in [0.2, 0.25) is 0 Å². The molecule has 0 bridgehead atoms. The second kappa shape index (κ2) is 6.28. The van der Waals surface area contributed by atoms with Crippen LogP contribution in [0.5, 0.6) is 0 Å². The Morgan fingerprint density at radius 1 is 1.25 bits per heavy atom. The molecule has 1 aromatic rings. The number of rotatable bonds is 6. The molecule has 20 heavy (non-hydrogen) atoms. The highest BCUT2D eigenvalue weighted by molar-refractivity contribution is 5.37. The van der Waals surface area contributed by atoms with Crippen LogP contribution in [-0.4, -0.2) is 17.8 Å². The van der Waals surface area contributed by atoms with Gasteiger partial charge in [-0.05, 0) is 28.9 Å². The van der Waals surface area contributed by atoms with E-state index in [0.29, 0.717) is 18.5 Å². The van der Waals surface area contributed by atoms with Crippen LogP contribution < -0.4 is 5.32 Å². The van der Waals surface area contributed by atoms with Gasteiger partial charge in [-0.2, -0.15) is 0 Å². The van der Waals surface area contributed by atoms with Crippen LogP contribution in [0.3, 0.4) is 0 Å². The van der Waals surface area contributed by atoms with Gasteiger partial charge >= 0.3 is 0 Å². The predicted molar refractivity (Wildman–Crippen MR) is 84.7 cm³/mol. The first-order chi connectivity index (χ1) is 9.49. The molecule has 1 aliphatic rings. The summed E-state index contributed by atoms with van der Waals surface area (Å²) in [5.74, 6) is 0.405. The number of hydrogen-bond donors (Lipinski definition) is 2. The molecule has 0 saturated carbocycles. The minimum absolute atomic E-state index is 0.220. The molecule has 1 aromatic carbocycles. The van der Waals surface area contributed by atoms with Crippen molar-refractivity contribution in [3.63, 3.8) is 0 Å². The molecule has 0 aliphatic heterocycles. The summed E-state index contributed by atoms with van der Waals surface area (Å²) in [4.78, 5) is 0. The van der Waals surface area contributed by atoms with Crippen LogP contribution in [0.25, 0.3) is 0 Å². The van der Waals surface area contributed by atoms with Crippen LogP contribution in [0.2, 0.25) is 0 Å². The Hall–Kier alpha value is -0.860. The lowest BCUT2D eigenvalue weighted by molar-refractivity contribution is 0.0918. The van der Waals surface area contributed by atoms with E-state index < -0.39 is 0 Å². The van der Waals surface area contributed by atoms with Crippen LogP contribution in [0.1, 0.15) is 57.7 Å². The van der Waals surface area contributed by atoms with Crippen LogP contribution in [-0.2, 0) is 6.42 Å². The largest absolute Gasteiger partial charge is 0.392 e. The predicted octanol–water partition coefficient (Wildman–Crippen LogP) is 3.70. The summed E-state index contributed by atoms with van der Waals surface area (Å²) in [7, 11) is 0.